The van der Waals surface area contributed by atoms with Gasteiger partial charge >= 0.3 is 0 Å². The van der Waals surface area contributed by atoms with Gasteiger partial charge in [-0.25, -0.2) is 0 Å². The molecule has 0 fully saturated rings. The molecule has 1 rings (SSSR count). The van der Waals surface area contributed by atoms with Crippen LogP contribution in [-0.2, 0) is 6.42 Å². The first-order valence-corrected chi connectivity index (χ1v) is 6.22. The van der Waals surface area contributed by atoms with Crippen LogP contribution in [-0.4, -0.2) is 19.1 Å². The highest BCUT2D eigenvalue weighted by atomic mass is 79.9. The molecule has 0 saturated carbocycles. The molecule has 0 aliphatic rings. The van der Waals surface area contributed by atoms with Crippen molar-refractivity contribution < 1.29 is 4.74 Å². The van der Waals surface area contributed by atoms with Crippen molar-refractivity contribution in [1.82, 2.24) is 5.32 Å². The van der Waals surface area contributed by atoms with Crippen molar-refractivity contribution in [3.8, 4) is 5.75 Å². The topological polar surface area (TPSA) is 21.3 Å². The molecule has 2 nitrogen and oxygen atoms in total. The largest absolute Gasteiger partial charge is 0.496 e. The van der Waals surface area contributed by atoms with E-state index in [4.69, 9.17) is 4.74 Å². The Morgan fingerprint density at radius 1 is 1.27 bits per heavy atom. The van der Waals surface area contributed by atoms with Crippen LogP contribution < -0.4 is 10.1 Å². The molecule has 15 heavy (non-hydrogen) atoms. The molecule has 3 heteroatoms. The molecule has 84 valence electrons. The van der Waals surface area contributed by atoms with Gasteiger partial charge in [0.1, 0.15) is 5.75 Å². The first kappa shape index (κ1) is 12.5. The van der Waals surface area contributed by atoms with Crippen LogP contribution in [0.2, 0.25) is 0 Å². The van der Waals surface area contributed by atoms with Crippen molar-refractivity contribution in [1.29, 1.82) is 0 Å². The number of methoxy groups -OCH3 is 1. The third-order valence-electron chi connectivity index (χ3n) is 2.56. The molecule has 0 aliphatic carbocycles. The van der Waals surface area contributed by atoms with Crippen LogP contribution in [0.25, 0.3) is 0 Å². The van der Waals surface area contributed by atoms with E-state index in [9.17, 15) is 0 Å². The Kier molecular flexibility index (Phi) is 5.12. The zero-order chi connectivity index (χ0) is 11.3. The van der Waals surface area contributed by atoms with E-state index in [1.807, 2.05) is 0 Å². The van der Waals surface area contributed by atoms with E-state index < -0.39 is 0 Å². The fourth-order valence-corrected chi connectivity index (χ4v) is 1.81. The highest BCUT2D eigenvalue weighted by Crippen LogP contribution is 2.23. The number of benzene rings is 1. The van der Waals surface area contributed by atoms with Gasteiger partial charge in [0.25, 0.3) is 0 Å². The summed E-state index contributed by atoms with van der Waals surface area (Å²) in [4.78, 5) is 0. The average Bonchev–Trinajstić information content (AvgIpc) is 2.23. The summed E-state index contributed by atoms with van der Waals surface area (Å²) in [6, 6.07) is 4.32. The maximum Gasteiger partial charge on any atom is 0.122 e. The number of hydrogen-bond donors (Lipinski definition) is 1. The predicted octanol–water partition coefficient (Wildman–Crippen LogP) is 2.80. The highest BCUT2D eigenvalue weighted by molar-refractivity contribution is 9.09. The fraction of sp³-hybridized carbons (Fsp3) is 0.500. The number of rotatable bonds is 5. The number of ether oxygens (including phenoxy) is 1. The second kappa shape index (κ2) is 6.13. The predicted molar refractivity (Wildman–Crippen MR) is 68.0 cm³/mol. The van der Waals surface area contributed by atoms with Crippen molar-refractivity contribution in [3.63, 3.8) is 0 Å². The smallest absolute Gasteiger partial charge is 0.122 e. The summed E-state index contributed by atoms with van der Waals surface area (Å²) < 4.78 is 5.37. The van der Waals surface area contributed by atoms with Crippen LogP contribution in [0, 0.1) is 13.8 Å². The molecule has 0 unspecified atom stereocenters. The molecule has 0 heterocycles. The number of aryl methyl sites for hydroxylation is 2. The molecular weight excluding hydrogens is 254 g/mol. The lowest BCUT2D eigenvalue weighted by atomic mass is 10.0. The summed E-state index contributed by atoms with van der Waals surface area (Å²) in [5, 5.41) is 3.24. The van der Waals surface area contributed by atoms with Crippen LogP contribution in [0.15, 0.2) is 12.1 Å². The van der Waals surface area contributed by atoms with Crippen molar-refractivity contribution in [2.45, 2.75) is 20.3 Å². The van der Waals surface area contributed by atoms with Crippen molar-refractivity contribution in [3.05, 3.63) is 28.8 Å². The fourth-order valence-electron chi connectivity index (χ4n) is 1.52. The molecule has 0 aliphatic heterocycles. The SMILES string of the molecule is COc1cc(C)c(C)cc1CCNCBr. The molecule has 0 radical (unpaired) electrons. The Labute approximate surface area is 100 Å². The van der Waals surface area contributed by atoms with Gasteiger partial charge in [-0.3, -0.25) is 0 Å². The van der Waals surface area contributed by atoms with E-state index in [1.165, 1.54) is 16.7 Å². The lowest BCUT2D eigenvalue weighted by molar-refractivity contribution is 0.409. The monoisotopic (exact) mass is 271 g/mol. The molecular formula is C12H18BrNO. The van der Waals surface area contributed by atoms with Gasteiger partial charge in [-0.2, -0.15) is 0 Å². The van der Waals surface area contributed by atoms with Gasteiger partial charge in [-0.1, -0.05) is 22.0 Å². The Bertz CT molecular complexity index is 326. The van der Waals surface area contributed by atoms with Gasteiger partial charge in [-0.15, -0.1) is 0 Å². The molecule has 1 aromatic rings. The lowest BCUT2D eigenvalue weighted by Gasteiger charge is -2.11. The van der Waals surface area contributed by atoms with Crippen LogP contribution in [0.1, 0.15) is 16.7 Å². The summed E-state index contributed by atoms with van der Waals surface area (Å²) in [5.74, 6) is 0.995. The van der Waals surface area contributed by atoms with Gasteiger partial charge in [0.2, 0.25) is 0 Å². The zero-order valence-corrected chi connectivity index (χ0v) is 11.1. The second-order valence-electron chi connectivity index (χ2n) is 3.63. The van der Waals surface area contributed by atoms with Crippen LogP contribution in [0.3, 0.4) is 0 Å². The van der Waals surface area contributed by atoms with E-state index in [1.54, 1.807) is 7.11 Å². The third kappa shape index (κ3) is 3.50. The van der Waals surface area contributed by atoms with Gasteiger partial charge in [0, 0.05) is 6.54 Å². The van der Waals surface area contributed by atoms with E-state index in [0.29, 0.717) is 0 Å². The average molecular weight is 272 g/mol. The zero-order valence-electron chi connectivity index (χ0n) is 9.56. The van der Waals surface area contributed by atoms with Crippen molar-refractivity contribution in [2.24, 2.45) is 0 Å². The maximum atomic E-state index is 5.37. The van der Waals surface area contributed by atoms with E-state index in [2.05, 4.69) is 47.2 Å². The third-order valence-corrected chi connectivity index (χ3v) is 2.96. The first-order valence-electron chi connectivity index (χ1n) is 5.09. The minimum absolute atomic E-state index is 0.833. The lowest BCUT2D eigenvalue weighted by Crippen LogP contribution is -2.15. The summed E-state index contributed by atoms with van der Waals surface area (Å²) >= 11 is 3.34. The van der Waals surface area contributed by atoms with Gasteiger partial charge < -0.3 is 10.1 Å². The van der Waals surface area contributed by atoms with Crippen molar-refractivity contribution >= 4 is 15.9 Å². The number of nitrogens with one attached hydrogen (secondary N) is 1. The molecule has 0 atom stereocenters. The van der Waals surface area contributed by atoms with Gasteiger partial charge in [0.05, 0.1) is 12.6 Å². The Balaban J connectivity index is 2.80. The number of halogens is 1. The standard InChI is InChI=1S/C12H18BrNO/c1-9-6-11(4-5-14-8-13)12(15-3)7-10(9)2/h6-7,14H,4-5,8H2,1-3H3. The Morgan fingerprint density at radius 2 is 1.93 bits per heavy atom. The molecule has 1 aromatic carbocycles. The molecule has 0 bridgehead atoms. The van der Waals surface area contributed by atoms with Crippen molar-refractivity contribution in [2.75, 3.05) is 19.1 Å². The van der Waals surface area contributed by atoms with Gasteiger partial charge in [0.15, 0.2) is 0 Å². The second-order valence-corrected chi connectivity index (χ2v) is 4.19. The normalized spacial score (nSPS) is 10.4. The molecule has 1 N–H and O–H groups in total. The van der Waals surface area contributed by atoms with Crippen LogP contribution in [0.4, 0.5) is 0 Å². The van der Waals surface area contributed by atoms with E-state index in [0.717, 1.165) is 24.2 Å². The van der Waals surface area contributed by atoms with Crippen LogP contribution >= 0.6 is 15.9 Å². The van der Waals surface area contributed by atoms with Gasteiger partial charge in [-0.05, 0) is 43.0 Å². The van der Waals surface area contributed by atoms with E-state index >= 15 is 0 Å². The minimum atomic E-state index is 0.833. The number of alkyl halides is 1. The summed E-state index contributed by atoms with van der Waals surface area (Å²) in [6.07, 6.45) is 0.996. The van der Waals surface area contributed by atoms with Crippen LogP contribution in [0.5, 0.6) is 5.75 Å². The highest BCUT2D eigenvalue weighted by Gasteiger charge is 2.05. The number of hydrogen-bond acceptors (Lipinski definition) is 2. The first-order chi connectivity index (χ1) is 7.19. The summed E-state index contributed by atoms with van der Waals surface area (Å²) in [6.45, 7) is 5.21. The van der Waals surface area contributed by atoms with E-state index in [-0.39, 0.29) is 0 Å². The minimum Gasteiger partial charge on any atom is -0.496 e. The molecule has 0 spiro atoms. The molecule has 0 saturated heterocycles. The summed E-state index contributed by atoms with van der Waals surface area (Å²) in [5.41, 5.74) is 4.71. The molecule has 0 aromatic heterocycles. The quantitative estimate of drug-likeness (QED) is 0.505. The summed E-state index contributed by atoms with van der Waals surface area (Å²) in [7, 11) is 1.73. The Morgan fingerprint density at radius 3 is 2.53 bits per heavy atom. The Hall–Kier alpha value is -0.540. The maximum absolute atomic E-state index is 5.37. The molecule has 0 amide bonds.